The van der Waals surface area contributed by atoms with Gasteiger partial charge in [-0.2, -0.15) is 0 Å². The zero-order chi connectivity index (χ0) is 17.1. The van der Waals surface area contributed by atoms with Crippen LogP contribution in [0.25, 0.3) is 10.3 Å². The molecule has 0 saturated heterocycles. The number of rotatable bonds is 5. The molecule has 0 unspecified atom stereocenters. The second kappa shape index (κ2) is 7.45. The van der Waals surface area contributed by atoms with Gasteiger partial charge in [-0.1, -0.05) is 34.6 Å². The van der Waals surface area contributed by atoms with E-state index in [0.29, 0.717) is 16.0 Å². The lowest BCUT2D eigenvalue weighted by Crippen LogP contribution is -2.27. The minimum absolute atomic E-state index is 0.0913. The molecule has 0 bridgehead atoms. The molecule has 0 aliphatic carbocycles. The van der Waals surface area contributed by atoms with Crippen LogP contribution in [-0.2, 0) is 11.3 Å². The summed E-state index contributed by atoms with van der Waals surface area (Å²) in [5.74, 6) is 0.595. The minimum Gasteiger partial charge on any atom is -0.325 e. The van der Waals surface area contributed by atoms with Crippen molar-refractivity contribution < 1.29 is 4.79 Å². The Labute approximate surface area is 154 Å². The summed E-state index contributed by atoms with van der Waals surface area (Å²) in [4.78, 5) is 33.1. The molecule has 6 nitrogen and oxygen atoms in total. The smallest absolute Gasteiger partial charge is 0.273 e. The normalized spacial score (nSPS) is 10.9. The molecule has 0 fully saturated rings. The van der Waals surface area contributed by atoms with Crippen molar-refractivity contribution in [2.75, 3.05) is 11.1 Å². The van der Waals surface area contributed by atoms with E-state index in [1.54, 1.807) is 23.9 Å². The summed E-state index contributed by atoms with van der Waals surface area (Å²) in [5.41, 5.74) is 0.863. The van der Waals surface area contributed by atoms with Gasteiger partial charge >= 0.3 is 0 Å². The Morgan fingerprint density at radius 2 is 2.12 bits per heavy atom. The molecule has 2 heterocycles. The molecule has 24 heavy (non-hydrogen) atoms. The third kappa shape index (κ3) is 3.85. The van der Waals surface area contributed by atoms with Crippen molar-refractivity contribution in [2.45, 2.75) is 17.8 Å². The van der Waals surface area contributed by atoms with Crippen molar-refractivity contribution in [3.63, 3.8) is 0 Å². The van der Waals surface area contributed by atoms with Gasteiger partial charge in [0.1, 0.15) is 17.6 Å². The first kappa shape index (κ1) is 17.1. The van der Waals surface area contributed by atoms with Gasteiger partial charge in [0.05, 0.1) is 0 Å². The van der Waals surface area contributed by atoms with Crippen LogP contribution in [0.15, 0.2) is 44.2 Å². The highest BCUT2D eigenvalue weighted by Gasteiger charge is 2.13. The standard InChI is InChI=1S/C15H13BrN4O2S2/c1-2-23-15-19-13-12(24-15)14(22)20(8-17-13)7-11(21)18-10-5-3-9(16)4-6-10/h3-6,8H,2,7H2,1H3,(H,18,21). The molecule has 124 valence electrons. The SMILES string of the molecule is CCSc1nc2ncn(CC(=O)Nc3ccc(Br)cc3)c(=O)c2s1. The number of hydrogen-bond acceptors (Lipinski definition) is 6. The van der Waals surface area contributed by atoms with Crippen molar-refractivity contribution >= 4 is 61.0 Å². The fourth-order valence-electron chi connectivity index (χ4n) is 2.01. The number of halogens is 1. The average molecular weight is 425 g/mol. The maximum Gasteiger partial charge on any atom is 0.273 e. The predicted octanol–water partition coefficient (Wildman–Crippen LogP) is 3.37. The maximum atomic E-state index is 12.5. The van der Waals surface area contributed by atoms with Crippen LogP contribution >= 0.6 is 39.0 Å². The van der Waals surface area contributed by atoms with Crippen LogP contribution < -0.4 is 10.9 Å². The number of aromatic nitrogens is 3. The highest BCUT2D eigenvalue weighted by molar-refractivity contribution is 9.10. The highest BCUT2D eigenvalue weighted by Crippen LogP contribution is 2.25. The summed E-state index contributed by atoms with van der Waals surface area (Å²) < 4.78 is 3.52. The van der Waals surface area contributed by atoms with Gasteiger partial charge < -0.3 is 5.32 Å². The summed E-state index contributed by atoms with van der Waals surface area (Å²) in [5, 5.41) is 2.75. The highest BCUT2D eigenvalue weighted by atomic mass is 79.9. The number of hydrogen-bond donors (Lipinski definition) is 1. The Morgan fingerprint density at radius 3 is 2.83 bits per heavy atom. The minimum atomic E-state index is -0.284. The Balaban J connectivity index is 1.79. The van der Waals surface area contributed by atoms with E-state index >= 15 is 0 Å². The van der Waals surface area contributed by atoms with Gasteiger partial charge in [0, 0.05) is 10.2 Å². The molecule has 0 atom stereocenters. The molecule has 2 aromatic heterocycles. The molecule has 0 saturated carbocycles. The van der Waals surface area contributed by atoms with Crippen LogP contribution in [0.5, 0.6) is 0 Å². The topological polar surface area (TPSA) is 76.9 Å². The Hall–Kier alpha value is -1.71. The van der Waals surface area contributed by atoms with E-state index in [4.69, 9.17) is 0 Å². The summed E-state index contributed by atoms with van der Waals surface area (Å²) >= 11 is 6.22. The molecular formula is C15H13BrN4O2S2. The van der Waals surface area contributed by atoms with Crippen LogP contribution in [0.1, 0.15) is 6.92 Å². The number of nitrogens with zero attached hydrogens (tertiary/aromatic N) is 3. The molecule has 9 heteroatoms. The fourth-order valence-corrected chi connectivity index (χ4v) is 4.22. The van der Waals surface area contributed by atoms with E-state index in [2.05, 4.69) is 31.2 Å². The summed E-state index contributed by atoms with van der Waals surface area (Å²) in [6.07, 6.45) is 1.37. The molecule has 0 aliphatic rings. The number of carbonyl (C=O) groups is 1. The van der Waals surface area contributed by atoms with E-state index in [0.717, 1.165) is 14.6 Å². The van der Waals surface area contributed by atoms with E-state index < -0.39 is 0 Å². The van der Waals surface area contributed by atoms with Crippen molar-refractivity contribution in [3.8, 4) is 0 Å². The predicted molar refractivity (Wildman–Crippen MR) is 101 cm³/mol. The first-order valence-electron chi connectivity index (χ1n) is 7.11. The Bertz CT molecular complexity index is 937. The van der Waals surface area contributed by atoms with Crippen LogP contribution in [0.3, 0.4) is 0 Å². The molecule has 1 aromatic carbocycles. The summed E-state index contributed by atoms with van der Waals surface area (Å²) in [7, 11) is 0. The van der Waals surface area contributed by atoms with E-state index in [1.807, 2.05) is 19.1 Å². The van der Waals surface area contributed by atoms with Crippen LogP contribution in [0.2, 0.25) is 0 Å². The van der Waals surface area contributed by atoms with Crippen molar-refractivity contribution in [1.82, 2.24) is 14.5 Å². The molecular weight excluding hydrogens is 412 g/mol. The average Bonchev–Trinajstić information content (AvgIpc) is 2.96. The molecule has 1 N–H and O–H groups in total. The van der Waals surface area contributed by atoms with Gasteiger partial charge in [0.15, 0.2) is 9.99 Å². The van der Waals surface area contributed by atoms with Crippen molar-refractivity contribution in [1.29, 1.82) is 0 Å². The zero-order valence-electron chi connectivity index (χ0n) is 12.7. The van der Waals surface area contributed by atoms with E-state index in [-0.39, 0.29) is 18.0 Å². The Morgan fingerprint density at radius 1 is 1.38 bits per heavy atom. The number of fused-ring (bicyclic) bond motifs is 1. The first-order valence-corrected chi connectivity index (χ1v) is 9.70. The van der Waals surface area contributed by atoms with Crippen LogP contribution in [0.4, 0.5) is 5.69 Å². The fraction of sp³-hybridized carbons (Fsp3) is 0.200. The van der Waals surface area contributed by atoms with Crippen LogP contribution in [0, 0.1) is 0 Å². The third-order valence-corrected chi connectivity index (χ3v) is 5.66. The summed E-state index contributed by atoms with van der Waals surface area (Å²) in [6, 6.07) is 7.23. The van der Waals surface area contributed by atoms with Gasteiger partial charge in [0.2, 0.25) is 5.91 Å². The lowest BCUT2D eigenvalue weighted by molar-refractivity contribution is -0.116. The monoisotopic (exact) mass is 424 g/mol. The molecule has 0 spiro atoms. The number of carbonyl (C=O) groups excluding carboxylic acids is 1. The number of benzene rings is 1. The number of anilines is 1. The van der Waals surface area contributed by atoms with Gasteiger partial charge in [-0.25, -0.2) is 9.97 Å². The quantitative estimate of drug-likeness (QED) is 0.635. The largest absolute Gasteiger partial charge is 0.325 e. The number of thiazole rings is 1. The lowest BCUT2D eigenvalue weighted by Gasteiger charge is -2.07. The van der Waals surface area contributed by atoms with Crippen LogP contribution in [-0.4, -0.2) is 26.2 Å². The van der Waals surface area contributed by atoms with Gasteiger partial charge in [-0.3, -0.25) is 14.2 Å². The second-order valence-electron chi connectivity index (χ2n) is 4.80. The molecule has 3 aromatic rings. The second-order valence-corrected chi connectivity index (χ2v) is 8.22. The van der Waals surface area contributed by atoms with Crippen molar-refractivity contribution in [2.24, 2.45) is 0 Å². The summed E-state index contributed by atoms with van der Waals surface area (Å²) in [6.45, 7) is 1.93. The van der Waals surface area contributed by atoms with Gasteiger partial charge in [-0.15, -0.1) is 11.3 Å². The zero-order valence-corrected chi connectivity index (χ0v) is 15.9. The molecule has 0 radical (unpaired) electrons. The van der Waals surface area contributed by atoms with E-state index in [9.17, 15) is 9.59 Å². The lowest BCUT2D eigenvalue weighted by atomic mass is 10.3. The molecule has 1 amide bonds. The number of thioether (sulfide) groups is 1. The van der Waals surface area contributed by atoms with Gasteiger partial charge in [-0.05, 0) is 30.0 Å². The maximum absolute atomic E-state index is 12.5. The number of nitrogens with one attached hydrogen (secondary N) is 1. The number of amides is 1. The van der Waals surface area contributed by atoms with Crippen molar-refractivity contribution in [3.05, 3.63) is 45.4 Å². The molecule has 3 rings (SSSR count). The van der Waals surface area contributed by atoms with Gasteiger partial charge in [0.25, 0.3) is 5.56 Å². The Kier molecular flexibility index (Phi) is 5.32. The van der Waals surface area contributed by atoms with E-state index in [1.165, 1.54) is 22.2 Å². The molecule has 0 aliphatic heterocycles. The third-order valence-electron chi connectivity index (χ3n) is 3.07. The first-order chi connectivity index (χ1) is 11.6.